The van der Waals surface area contributed by atoms with Crippen molar-refractivity contribution in [1.82, 2.24) is 34.1 Å². The standard InChI is InChI=1S/C12H16N3O8P.C11H14ClN4O7P/c1-5-13-10-6(11(18)14-5)2-3-15(10)12-9(17)8(16)7(23-12)4-22-24(19,20)21;1-4-14-9(12)6-10(15-4)16(3-13-6)11-8(18)7(17)5(23-11)2-22-24(19,20)21/h2-3,7-9,12,16-17H,4H2,1H3,(H,13,14,18)(H2,19,20,21);3,5,7-8,11,17-18H,2H2,1H3,(H2,19,20,21)/t7?,8-,9-,12-;5?,7-,8-,11-/m11/s1. The Hall–Kier alpha value is -2.76. The molecule has 22 nitrogen and oxygen atoms in total. The summed E-state index contributed by atoms with van der Waals surface area (Å²) in [6.45, 7) is 2.02. The third kappa shape index (κ3) is 7.83. The fourth-order valence-electron chi connectivity index (χ4n) is 5.06. The third-order valence-electron chi connectivity index (χ3n) is 7.23. The van der Waals surface area contributed by atoms with Gasteiger partial charge in [-0.05, 0) is 19.9 Å². The number of nitrogens with zero attached hydrogens (tertiary/aromatic N) is 6. The Labute approximate surface area is 273 Å². The molecule has 0 bridgehead atoms. The monoisotopic (exact) mass is 741 g/mol. The molecule has 2 saturated heterocycles. The number of rotatable bonds is 8. The van der Waals surface area contributed by atoms with Gasteiger partial charge in [0.25, 0.3) is 5.56 Å². The van der Waals surface area contributed by atoms with Gasteiger partial charge < -0.3 is 59.0 Å². The Morgan fingerprint density at radius 3 is 1.94 bits per heavy atom. The maximum atomic E-state index is 11.9. The van der Waals surface area contributed by atoms with E-state index in [2.05, 4.69) is 34.0 Å². The number of aromatic amines is 1. The van der Waals surface area contributed by atoms with Crippen molar-refractivity contribution in [2.75, 3.05) is 13.2 Å². The molecule has 0 radical (unpaired) electrons. The minimum Gasteiger partial charge on any atom is -0.387 e. The summed E-state index contributed by atoms with van der Waals surface area (Å²) in [6, 6.07) is 1.49. The van der Waals surface area contributed by atoms with Crippen LogP contribution in [0.15, 0.2) is 23.4 Å². The normalized spacial score (nSPS) is 27.9. The van der Waals surface area contributed by atoms with Crippen LogP contribution in [0, 0.1) is 13.8 Å². The van der Waals surface area contributed by atoms with Crippen molar-refractivity contribution < 1.29 is 67.7 Å². The summed E-state index contributed by atoms with van der Waals surface area (Å²) >= 11 is 5.99. The van der Waals surface area contributed by atoms with Gasteiger partial charge in [0.1, 0.15) is 59.4 Å². The summed E-state index contributed by atoms with van der Waals surface area (Å²) in [6.07, 6.45) is -7.31. The number of hydrogen-bond donors (Lipinski definition) is 9. The Kier molecular flexibility index (Phi) is 10.5. The molecule has 2 fully saturated rings. The molecule has 2 aliphatic rings. The molecule has 6 rings (SSSR count). The van der Waals surface area contributed by atoms with Gasteiger partial charge in [0, 0.05) is 6.20 Å². The van der Waals surface area contributed by atoms with E-state index in [9.17, 15) is 34.4 Å². The molecule has 4 aromatic heterocycles. The summed E-state index contributed by atoms with van der Waals surface area (Å²) in [5.74, 6) is 0.741. The number of phosphoric ester groups is 2. The van der Waals surface area contributed by atoms with E-state index < -0.39 is 77.9 Å². The zero-order chi connectivity index (χ0) is 35.3. The first-order valence-corrected chi connectivity index (χ1v) is 17.2. The highest BCUT2D eigenvalue weighted by Crippen LogP contribution is 2.40. The zero-order valence-corrected chi connectivity index (χ0v) is 27.2. The van der Waals surface area contributed by atoms with Crippen molar-refractivity contribution in [3.8, 4) is 0 Å². The van der Waals surface area contributed by atoms with Crippen LogP contribution >= 0.6 is 27.2 Å². The van der Waals surface area contributed by atoms with Gasteiger partial charge in [-0.25, -0.2) is 29.1 Å². The molecule has 0 amide bonds. The van der Waals surface area contributed by atoms with Crippen LogP contribution < -0.4 is 5.56 Å². The highest BCUT2D eigenvalue weighted by molar-refractivity contribution is 7.46. The van der Waals surface area contributed by atoms with Crippen LogP contribution in [-0.2, 0) is 27.7 Å². The largest absolute Gasteiger partial charge is 0.469 e. The predicted molar refractivity (Wildman–Crippen MR) is 158 cm³/mol. The molecule has 2 unspecified atom stereocenters. The minimum atomic E-state index is -4.73. The lowest BCUT2D eigenvalue weighted by molar-refractivity contribution is -0.0504. The van der Waals surface area contributed by atoms with Crippen LogP contribution in [0.1, 0.15) is 24.1 Å². The number of phosphoric acid groups is 2. The van der Waals surface area contributed by atoms with Crippen molar-refractivity contribution in [3.05, 3.63) is 45.7 Å². The van der Waals surface area contributed by atoms with E-state index in [0.717, 1.165) is 0 Å². The first-order valence-electron chi connectivity index (χ1n) is 13.7. The molecule has 4 aromatic rings. The van der Waals surface area contributed by atoms with E-state index in [1.807, 2.05) is 0 Å². The molecule has 25 heteroatoms. The molecule has 6 heterocycles. The number of ether oxygens (including phenoxy) is 2. The Balaban J connectivity index is 0.000000188. The molecular weight excluding hydrogens is 712 g/mol. The Bertz CT molecular complexity index is 1950. The molecule has 9 N–H and O–H groups in total. The second-order valence-corrected chi connectivity index (χ2v) is 13.5. The highest BCUT2D eigenvalue weighted by Gasteiger charge is 2.46. The summed E-state index contributed by atoms with van der Waals surface area (Å²) in [7, 11) is -9.46. The van der Waals surface area contributed by atoms with Crippen molar-refractivity contribution in [2.45, 2.75) is 62.9 Å². The number of nitrogens with one attached hydrogen (secondary N) is 1. The summed E-state index contributed by atoms with van der Waals surface area (Å²) in [5, 5.41) is 40.8. The van der Waals surface area contributed by atoms with Crippen molar-refractivity contribution >= 4 is 49.4 Å². The maximum Gasteiger partial charge on any atom is 0.469 e. The second-order valence-electron chi connectivity index (χ2n) is 10.7. The smallest absolute Gasteiger partial charge is 0.387 e. The number of H-pyrrole nitrogens is 1. The van der Waals surface area contributed by atoms with Crippen LogP contribution in [0.25, 0.3) is 22.2 Å². The number of aromatic nitrogens is 7. The number of aliphatic hydroxyl groups is 4. The molecule has 8 atom stereocenters. The maximum absolute atomic E-state index is 11.9. The minimum absolute atomic E-state index is 0.130. The highest BCUT2D eigenvalue weighted by atomic mass is 35.5. The van der Waals surface area contributed by atoms with Gasteiger partial charge in [-0.1, -0.05) is 11.6 Å². The van der Waals surface area contributed by atoms with Gasteiger partial charge in [0.15, 0.2) is 23.3 Å². The summed E-state index contributed by atoms with van der Waals surface area (Å²) < 4.78 is 43.8. The van der Waals surface area contributed by atoms with Crippen LogP contribution in [-0.4, -0.2) is 124 Å². The number of imidazole rings is 1. The quantitative estimate of drug-likeness (QED) is 0.0716. The van der Waals surface area contributed by atoms with Crippen molar-refractivity contribution in [2.24, 2.45) is 0 Å². The average Bonchev–Trinajstić information content (AvgIpc) is 3.72. The number of aliphatic hydroxyl groups excluding tert-OH is 4. The first kappa shape index (κ1) is 36.5. The molecule has 2 aliphatic heterocycles. The van der Waals surface area contributed by atoms with E-state index in [-0.39, 0.29) is 21.7 Å². The van der Waals surface area contributed by atoms with Crippen LogP contribution in [0.2, 0.25) is 5.15 Å². The van der Waals surface area contributed by atoms with Crippen LogP contribution in [0.5, 0.6) is 0 Å². The fourth-order valence-corrected chi connectivity index (χ4v) is 6.00. The molecule has 0 aromatic carbocycles. The number of fused-ring (bicyclic) bond motifs is 2. The fraction of sp³-hybridized carbons (Fsp3) is 0.522. The van der Waals surface area contributed by atoms with Crippen molar-refractivity contribution in [1.29, 1.82) is 0 Å². The molecule has 0 saturated carbocycles. The molecule has 48 heavy (non-hydrogen) atoms. The topological polar surface area (TPSA) is 327 Å². The predicted octanol–water partition coefficient (Wildman–Crippen LogP) is -1.72. The Morgan fingerprint density at radius 2 is 1.40 bits per heavy atom. The van der Waals surface area contributed by atoms with Crippen LogP contribution in [0.4, 0.5) is 0 Å². The van der Waals surface area contributed by atoms with Crippen LogP contribution in [0.3, 0.4) is 0 Å². The van der Waals surface area contributed by atoms with Gasteiger partial charge in [0.05, 0.1) is 24.9 Å². The van der Waals surface area contributed by atoms with Gasteiger partial charge in [-0.15, -0.1) is 0 Å². The summed E-state index contributed by atoms with van der Waals surface area (Å²) in [5.41, 5.74) is 0.484. The summed E-state index contributed by atoms with van der Waals surface area (Å²) in [4.78, 5) is 65.7. The van der Waals surface area contributed by atoms with E-state index in [0.29, 0.717) is 22.8 Å². The van der Waals surface area contributed by atoms with E-state index in [1.54, 1.807) is 13.8 Å². The molecule has 264 valence electrons. The number of hydrogen-bond acceptors (Lipinski definition) is 15. The Morgan fingerprint density at radius 1 is 0.854 bits per heavy atom. The SMILES string of the molecule is Cc1nc(Cl)c2ncn([C@@H]3OC(COP(=O)(O)O)[C@@H](O)[C@H]3O)c2n1.Cc1nc2c(ccn2[C@@H]2OC(COP(=O)(O)O)[C@@H](O)[C@H]2O)c(=O)[nH]1. The second kappa shape index (κ2) is 13.9. The van der Waals surface area contributed by atoms with Gasteiger partial charge in [-0.2, -0.15) is 0 Å². The number of halogens is 1. The number of aryl methyl sites for hydroxylation is 2. The lowest BCUT2D eigenvalue weighted by Gasteiger charge is -2.17. The molecule has 0 aliphatic carbocycles. The zero-order valence-electron chi connectivity index (χ0n) is 24.7. The third-order valence-corrected chi connectivity index (χ3v) is 8.46. The molecule has 0 spiro atoms. The first-order chi connectivity index (χ1) is 22.3. The van der Waals surface area contributed by atoms with Gasteiger partial charge in [-0.3, -0.25) is 18.4 Å². The van der Waals surface area contributed by atoms with E-state index in [4.69, 9.17) is 40.6 Å². The van der Waals surface area contributed by atoms with E-state index >= 15 is 0 Å². The van der Waals surface area contributed by atoms with Crippen molar-refractivity contribution in [3.63, 3.8) is 0 Å². The van der Waals surface area contributed by atoms with Gasteiger partial charge in [0.2, 0.25) is 0 Å². The average molecular weight is 742 g/mol. The lowest BCUT2D eigenvalue weighted by atomic mass is 10.1. The van der Waals surface area contributed by atoms with E-state index in [1.165, 1.54) is 27.7 Å². The van der Waals surface area contributed by atoms with Gasteiger partial charge >= 0.3 is 15.6 Å². The molecular formula is C23H30ClN7O15P2. The lowest BCUT2D eigenvalue weighted by Crippen LogP contribution is -2.33.